The summed E-state index contributed by atoms with van der Waals surface area (Å²) < 4.78 is 7.57. The Morgan fingerprint density at radius 3 is 2.97 bits per heavy atom. The molecule has 0 saturated carbocycles. The summed E-state index contributed by atoms with van der Waals surface area (Å²) in [6.07, 6.45) is 3.18. The Morgan fingerprint density at radius 1 is 1.41 bits per heavy atom. The lowest BCUT2D eigenvalue weighted by Crippen LogP contribution is -2.19. The quantitative estimate of drug-likeness (QED) is 0.573. The highest BCUT2D eigenvalue weighted by Crippen LogP contribution is 2.32. The molecule has 0 bridgehead atoms. The Kier molecular flexibility index (Phi) is 5.77. The molecule has 4 rings (SSSR count). The number of nitrogens with zero attached hydrogens (tertiary/aromatic N) is 3. The largest absolute Gasteiger partial charge is 0.494 e. The van der Waals surface area contributed by atoms with Crippen LogP contribution in [0.5, 0.6) is 5.75 Å². The average molecular weight is 430 g/mol. The number of ether oxygens (including phenoxy) is 1. The van der Waals surface area contributed by atoms with Crippen LogP contribution in [0, 0.1) is 10.7 Å². The number of nitrogens with one attached hydrogen (secondary N) is 2. The van der Waals surface area contributed by atoms with E-state index in [1.54, 1.807) is 15.9 Å². The van der Waals surface area contributed by atoms with Crippen LogP contribution in [0.4, 0.5) is 5.13 Å². The summed E-state index contributed by atoms with van der Waals surface area (Å²) in [5, 5.41) is 10.7. The molecule has 29 heavy (non-hydrogen) atoms. The van der Waals surface area contributed by atoms with Gasteiger partial charge in [-0.05, 0) is 68.6 Å². The Hall–Kier alpha value is -2.52. The first-order valence-electron chi connectivity index (χ1n) is 9.70. The van der Waals surface area contributed by atoms with Crippen molar-refractivity contribution in [2.75, 3.05) is 11.9 Å². The molecule has 0 spiro atoms. The van der Waals surface area contributed by atoms with Crippen molar-refractivity contribution in [1.29, 1.82) is 0 Å². The van der Waals surface area contributed by atoms with Gasteiger partial charge in [0.25, 0.3) is 0 Å². The number of fused-ring (bicyclic) bond motifs is 1. The SMILES string of the molecule is CCOc1ccc(-c2n[nH]c(=S)n2CC(=O)Nc2nc3c(s2)CC(C)CC3)cc1. The Morgan fingerprint density at radius 2 is 2.21 bits per heavy atom. The number of amides is 1. The highest BCUT2D eigenvalue weighted by Gasteiger charge is 2.21. The van der Waals surface area contributed by atoms with Gasteiger partial charge in [-0.1, -0.05) is 6.92 Å². The van der Waals surface area contributed by atoms with Crippen molar-refractivity contribution in [3.05, 3.63) is 39.6 Å². The number of carbonyl (C=O) groups is 1. The third kappa shape index (κ3) is 4.40. The maximum absolute atomic E-state index is 12.7. The standard InChI is InChI=1S/C20H23N5O2S2/c1-3-27-14-7-5-13(6-8-14)18-23-24-20(28)25(18)11-17(26)22-19-21-15-9-4-12(2)10-16(15)29-19/h5-8,12H,3-4,9-11H2,1-2H3,(H,24,28)(H,21,22,26). The summed E-state index contributed by atoms with van der Waals surface area (Å²) >= 11 is 6.91. The van der Waals surface area contributed by atoms with E-state index in [9.17, 15) is 4.79 Å². The molecule has 1 amide bonds. The van der Waals surface area contributed by atoms with Gasteiger partial charge in [0, 0.05) is 10.4 Å². The predicted molar refractivity (Wildman–Crippen MR) is 116 cm³/mol. The smallest absolute Gasteiger partial charge is 0.246 e. The molecule has 0 radical (unpaired) electrons. The van der Waals surface area contributed by atoms with Crippen LogP contribution in [0.25, 0.3) is 11.4 Å². The van der Waals surface area contributed by atoms with Gasteiger partial charge in [-0.25, -0.2) is 4.98 Å². The van der Waals surface area contributed by atoms with E-state index in [1.807, 2.05) is 31.2 Å². The number of aromatic amines is 1. The molecule has 0 saturated heterocycles. The van der Waals surface area contributed by atoms with E-state index < -0.39 is 0 Å². The average Bonchev–Trinajstić information content (AvgIpc) is 3.25. The normalized spacial score (nSPS) is 15.7. The van der Waals surface area contributed by atoms with Crippen molar-refractivity contribution in [2.45, 2.75) is 39.7 Å². The Balaban J connectivity index is 1.49. The van der Waals surface area contributed by atoms with Crippen LogP contribution < -0.4 is 10.1 Å². The van der Waals surface area contributed by atoms with Gasteiger partial charge < -0.3 is 10.1 Å². The first kappa shape index (κ1) is 19.8. The highest BCUT2D eigenvalue weighted by atomic mass is 32.1. The summed E-state index contributed by atoms with van der Waals surface area (Å²) in [5.41, 5.74) is 1.98. The fourth-order valence-corrected chi connectivity index (χ4v) is 4.83. The number of carbonyl (C=O) groups excluding carboxylic acids is 1. The molecule has 2 aromatic heterocycles. The number of anilines is 1. The second-order valence-electron chi connectivity index (χ2n) is 7.18. The number of thiazole rings is 1. The number of aromatic nitrogens is 4. The molecule has 1 unspecified atom stereocenters. The van der Waals surface area contributed by atoms with Gasteiger partial charge in [0.1, 0.15) is 12.3 Å². The van der Waals surface area contributed by atoms with Gasteiger partial charge in [-0.3, -0.25) is 14.5 Å². The van der Waals surface area contributed by atoms with Crippen LogP contribution >= 0.6 is 23.6 Å². The highest BCUT2D eigenvalue weighted by molar-refractivity contribution is 7.71. The minimum atomic E-state index is -0.172. The van der Waals surface area contributed by atoms with Crippen LogP contribution in [0.1, 0.15) is 30.8 Å². The van der Waals surface area contributed by atoms with Gasteiger partial charge >= 0.3 is 0 Å². The maximum atomic E-state index is 12.7. The molecular formula is C20H23N5O2S2. The number of H-pyrrole nitrogens is 1. The lowest BCUT2D eigenvalue weighted by atomic mass is 9.93. The lowest BCUT2D eigenvalue weighted by Gasteiger charge is -2.15. The van der Waals surface area contributed by atoms with Crippen molar-refractivity contribution in [3.8, 4) is 17.1 Å². The monoisotopic (exact) mass is 429 g/mol. The second kappa shape index (κ2) is 8.46. The van der Waals surface area contributed by atoms with Crippen LogP contribution in [0.2, 0.25) is 0 Å². The van der Waals surface area contributed by atoms with E-state index in [2.05, 4.69) is 27.4 Å². The fourth-order valence-electron chi connectivity index (χ4n) is 3.45. The van der Waals surface area contributed by atoms with Crippen LogP contribution in [0.15, 0.2) is 24.3 Å². The number of aryl methyl sites for hydroxylation is 1. The zero-order chi connectivity index (χ0) is 20.4. The Labute approximate surface area is 178 Å². The molecule has 9 heteroatoms. The summed E-state index contributed by atoms with van der Waals surface area (Å²) in [7, 11) is 0. The van der Waals surface area contributed by atoms with E-state index in [-0.39, 0.29) is 12.5 Å². The van der Waals surface area contributed by atoms with Crippen molar-refractivity contribution in [3.63, 3.8) is 0 Å². The second-order valence-corrected chi connectivity index (χ2v) is 8.65. The number of benzene rings is 1. The van der Waals surface area contributed by atoms with Crippen molar-refractivity contribution in [1.82, 2.24) is 19.7 Å². The van der Waals surface area contributed by atoms with Gasteiger partial charge in [-0.2, -0.15) is 5.10 Å². The summed E-state index contributed by atoms with van der Waals surface area (Å²) in [5.74, 6) is 1.90. The minimum Gasteiger partial charge on any atom is -0.494 e. The van der Waals surface area contributed by atoms with Gasteiger partial charge in [-0.15, -0.1) is 11.3 Å². The Bertz CT molecular complexity index is 1070. The maximum Gasteiger partial charge on any atom is 0.246 e. The molecule has 1 aliphatic rings. The molecular weight excluding hydrogens is 406 g/mol. The molecule has 2 heterocycles. The predicted octanol–water partition coefficient (Wildman–Crippen LogP) is 4.23. The fraction of sp³-hybridized carbons (Fsp3) is 0.400. The van der Waals surface area contributed by atoms with Gasteiger partial charge in [0.15, 0.2) is 15.7 Å². The van der Waals surface area contributed by atoms with Crippen LogP contribution in [-0.4, -0.2) is 32.3 Å². The van der Waals surface area contributed by atoms with E-state index >= 15 is 0 Å². The molecule has 1 atom stereocenters. The molecule has 152 valence electrons. The molecule has 2 N–H and O–H groups in total. The first-order valence-corrected chi connectivity index (χ1v) is 10.9. The minimum absolute atomic E-state index is 0.0680. The first-order chi connectivity index (χ1) is 14.0. The van der Waals surface area contributed by atoms with Crippen molar-refractivity contribution in [2.24, 2.45) is 5.92 Å². The lowest BCUT2D eigenvalue weighted by molar-refractivity contribution is -0.116. The van der Waals surface area contributed by atoms with Crippen LogP contribution in [-0.2, 0) is 24.2 Å². The number of hydrogen-bond acceptors (Lipinski definition) is 6. The molecule has 3 aromatic rings. The van der Waals surface area contributed by atoms with Crippen molar-refractivity contribution >= 4 is 34.6 Å². The molecule has 0 fully saturated rings. The number of hydrogen-bond donors (Lipinski definition) is 2. The molecule has 1 aromatic carbocycles. The third-order valence-corrected chi connectivity index (χ3v) is 6.26. The van der Waals surface area contributed by atoms with Gasteiger partial charge in [0.05, 0.1) is 12.3 Å². The van der Waals surface area contributed by atoms with E-state index in [4.69, 9.17) is 17.0 Å². The molecule has 7 nitrogen and oxygen atoms in total. The van der Waals surface area contributed by atoms with E-state index in [0.717, 1.165) is 36.3 Å². The molecule has 1 aliphatic carbocycles. The zero-order valence-corrected chi connectivity index (χ0v) is 18.0. The van der Waals surface area contributed by atoms with Gasteiger partial charge in [0.2, 0.25) is 5.91 Å². The summed E-state index contributed by atoms with van der Waals surface area (Å²) in [4.78, 5) is 18.5. The van der Waals surface area contributed by atoms with Crippen LogP contribution in [0.3, 0.4) is 0 Å². The summed E-state index contributed by atoms with van der Waals surface area (Å²) in [6, 6.07) is 7.56. The van der Waals surface area contributed by atoms with E-state index in [1.165, 1.54) is 4.88 Å². The topological polar surface area (TPSA) is 84.8 Å². The third-order valence-electron chi connectivity index (χ3n) is 4.92. The van der Waals surface area contributed by atoms with Crippen molar-refractivity contribution < 1.29 is 9.53 Å². The molecule has 0 aliphatic heterocycles. The summed E-state index contributed by atoms with van der Waals surface area (Å²) in [6.45, 7) is 4.87. The number of rotatable bonds is 6. The van der Waals surface area contributed by atoms with E-state index in [0.29, 0.717) is 28.3 Å². The zero-order valence-electron chi connectivity index (χ0n) is 16.4.